The van der Waals surface area contributed by atoms with Gasteiger partial charge in [0.1, 0.15) is 17.2 Å². The van der Waals surface area contributed by atoms with Gasteiger partial charge in [-0.15, -0.1) is 12.4 Å². The maximum Gasteiger partial charge on any atom is 0.257 e. The number of carbonyl (C=O) groups excluding carboxylic acids is 2. The van der Waals surface area contributed by atoms with Crippen molar-refractivity contribution in [1.29, 1.82) is 0 Å². The number of benzene rings is 1. The van der Waals surface area contributed by atoms with Crippen molar-refractivity contribution >= 4 is 24.2 Å². The van der Waals surface area contributed by atoms with Gasteiger partial charge in [0.05, 0.1) is 5.54 Å². The summed E-state index contributed by atoms with van der Waals surface area (Å²) in [6.45, 7) is 3.22. The van der Waals surface area contributed by atoms with Crippen LogP contribution >= 0.6 is 12.4 Å². The van der Waals surface area contributed by atoms with Gasteiger partial charge in [-0.3, -0.25) is 9.59 Å². The molecule has 0 aromatic heterocycles. The summed E-state index contributed by atoms with van der Waals surface area (Å²) in [5, 5.41) is 4.81. The second kappa shape index (κ2) is 7.90. The number of hydrogen-bond donors (Lipinski definition) is 3. The lowest BCUT2D eigenvalue weighted by Crippen LogP contribution is -2.50. The van der Waals surface area contributed by atoms with Crippen LogP contribution in [0.4, 0.5) is 8.78 Å². The zero-order valence-electron chi connectivity index (χ0n) is 11.7. The lowest BCUT2D eigenvalue weighted by molar-refractivity contribution is -0.125. The molecule has 5 nitrogen and oxygen atoms in total. The van der Waals surface area contributed by atoms with Gasteiger partial charge in [0.25, 0.3) is 5.91 Å². The first-order chi connectivity index (χ1) is 9.23. The molecule has 0 spiro atoms. The smallest absolute Gasteiger partial charge is 0.257 e. The van der Waals surface area contributed by atoms with Crippen molar-refractivity contribution in [2.24, 2.45) is 5.73 Å². The van der Waals surface area contributed by atoms with Crippen LogP contribution < -0.4 is 16.4 Å². The van der Waals surface area contributed by atoms with Crippen LogP contribution in [-0.2, 0) is 4.79 Å². The molecule has 0 fully saturated rings. The minimum atomic E-state index is -1.03. The van der Waals surface area contributed by atoms with E-state index in [0.29, 0.717) is 0 Å². The predicted molar refractivity (Wildman–Crippen MR) is 77.2 cm³/mol. The van der Waals surface area contributed by atoms with Crippen LogP contribution in [0.3, 0.4) is 0 Å². The van der Waals surface area contributed by atoms with E-state index in [-0.39, 0.29) is 31.4 Å². The molecule has 0 aliphatic rings. The standard InChI is InChI=1S/C13H17F2N3O2.ClH/c1-13(2,16)12(20)18-7-6-17-11(19)10-8(14)4-3-5-9(10)15;/h3-5H,6-7,16H2,1-2H3,(H,17,19)(H,18,20);1H. The molecule has 0 aliphatic carbocycles. The van der Waals surface area contributed by atoms with E-state index >= 15 is 0 Å². The van der Waals surface area contributed by atoms with Crippen LogP contribution in [0.2, 0.25) is 0 Å². The lowest BCUT2D eigenvalue weighted by Gasteiger charge is -2.17. The van der Waals surface area contributed by atoms with Gasteiger partial charge in [-0.05, 0) is 26.0 Å². The van der Waals surface area contributed by atoms with Gasteiger partial charge in [-0.2, -0.15) is 0 Å². The van der Waals surface area contributed by atoms with Gasteiger partial charge in [-0.1, -0.05) is 6.07 Å². The van der Waals surface area contributed by atoms with Crippen molar-refractivity contribution in [1.82, 2.24) is 10.6 Å². The van der Waals surface area contributed by atoms with Crippen molar-refractivity contribution in [2.45, 2.75) is 19.4 Å². The first-order valence-electron chi connectivity index (χ1n) is 6.03. The fourth-order valence-electron chi connectivity index (χ4n) is 1.38. The molecule has 118 valence electrons. The van der Waals surface area contributed by atoms with Crippen LogP contribution in [-0.4, -0.2) is 30.4 Å². The first kappa shape index (κ1) is 19.3. The largest absolute Gasteiger partial charge is 0.353 e. The Morgan fingerprint density at radius 2 is 1.62 bits per heavy atom. The molecule has 0 unspecified atom stereocenters. The minimum Gasteiger partial charge on any atom is -0.353 e. The third kappa shape index (κ3) is 5.65. The van der Waals surface area contributed by atoms with Crippen molar-refractivity contribution in [3.63, 3.8) is 0 Å². The maximum atomic E-state index is 13.3. The van der Waals surface area contributed by atoms with Gasteiger partial charge in [0, 0.05) is 13.1 Å². The van der Waals surface area contributed by atoms with E-state index < -0.39 is 28.6 Å². The molecular formula is C13H18ClF2N3O2. The highest BCUT2D eigenvalue weighted by molar-refractivity contribution is 5.94. The Hall–Kier alpha value is -1.73. The molecule has 0 saturated heterocycles. The van der Waals surface area contributed by atoms with E-state index in [2.05, 4.69) is 10.6 Å². The summed E-state index contributed by atoms with van der Waals surface area (Å²) < 4.78 is 26.6. The van der Waals surface area contributed by atoms with E-state index in [1.165, 1.54) is 19.9 Å². The molecule has 8 heteroatoms. The Kier molecular flexibility index (Phi) is 7.25. The van der Waals surface area contributed by atoms with Crippen LogP contribution in [0.15, 0.2) is 18.2 Å². The van der Waals surface area contributed by atoms with Gasteiger partial charge >= 0.3 is 0 Å². The third-order valence-corrected chi connectivity index (χ3v) is 2.47. The Morgan fingerprint density at radius 1 is 1.14 bits per heavy atom. The van der Waals surface area contributed by atoms with Crippen molar-refractivity contribution in [3.05, 3.63) is 35.4 Å². The molecule has 0 saturated carbocycles. The van der Waals surface area contributed by atoms with Crippen LogP contribution in [0, 0.1) is 11.6 Å². The van der Waals surface area contributed by atoms with E-state index in [1.807, 2.05) is 0 Å². The highest BCUT2D eigenvalue weighted by Crippen LogP contribution is 2.11. The highest BCUT2D eigenvalue weighted by atomic mass is 35.5. The first-order valence-corrected chi connectivity index (χ1v) is 6.03. The minimum absolute atomic E-state index is 0. The topological polar surface area (TPSA) is 84.2 Å². The second-order valence-corrected chi connectivity index (χ2v) is 4.83. The zero-order valence-corrected chi connectivity index (χ0v) is 12.5. The summed E-state index contributed by atoms with van der Waals surface area (Å²) in [6, 6.07) is 3.17. The molecule has 2 amide bonds. The molecule has 1 aromatic rings. The van der Waals surface area contributed by atoms with Crippen LogP contribution in [0.5, 0.6) is 0 Å². The Bertz CT molecular complexity index is 498. The van der Waals surface area contributed by atoms with Crippen LogP contribution in [0.1, 0.15) is 24.2 Å². The number of hydrogen-bond acceptors (Lipinski definition) is 3. The monoisotopic (exact) mass is 321 g/mol. The number of rotatable bonds is 5. The third-order valence-electron chi connectivity index (χ3n) is 2.47. The van der Waals surface area contributed by atoms with Crippen molar-refractivity contribution in [2.75, 3.05) is 13.1 Å². The average Bonchev–Trinajstić information content (AvgIpc) is 2.32. The number of nitrogens with two attached hydrogens (primary N) is 1. The second-order valence-electron chi connectivity index (χ2n) is 4.83. The molecule has 0 bridgehead atoms. The molecule has 1 rings (SSSR count). The van der Waals surface area contributed by atoms with Gasteiger partial charge < -0.3 is 16.4 Å². The lowest BCUT2D eigenvalue weighted by atomic mass is 10.1. The molecule has 0 heterocycles. The van der Waals surface area contributed by atoms with E-state index in [4.69, 9.17) is 5.73 Å². The highest BCUT2D eigenvalue weighted by Gasteiger charge is 2.21. The summed E-state index contributed by atoms with van der Waals surface area (Å²) in [5.74, 6) is -3.13. The SMILES string of the molecule is CC(C)(N)C(=O)NCCNC(=O)c1c(F)cccc1F.Cl. The number of carbonyl (C=O) groups is 2. The Morgan fingerprint density at radius 3 is 2.10 bits per heavy atom. The molecule has 21 heavy (non-hydrogen) atoms. The Labute approximate surface area is 127 Å². The van der Waals surface area contributed by atoms with E-state index in [1.54, 1.807) is 0 Å². The van der Waals surface area contributed by atoms with E-state index in [0.717, 1.165) is 12.1 Å². The molecule has 4 N–H and O–H groups in total. The summed E-state index contributed by atoms with van der Waals surface area (Å²) in [5.41, 5.74) is 3.89. The zero-order chi connectivity index (χ0) is 15.3. The summed E-state index contributed by atoms with van der Waals surface area (Å²) in [4.78, 5) is 23.0. The van der Waals surface area contributed by atoms with Crippen molar-refractivity contribution < 1.29 is 18.4 Å². The fourth-order valence-corrected chi connectivity index (χ4v) is 1.38. The molecular weight excluding hydrogens is 304 g/mol. The van der Waals surface area contributed by atoms with Gasteiger partial charge in [-0.25, -0.2) is 8.78 Å². The maximum absolute atomic E-state index is 13.3. The van der Waals surface area contributed by atoms with Gasteiger partial charge in [0.2, 0.25) is 5.91 Å². The molecule has 0 atom stereocenters. The molecule has 0 aliphatic heterocycles. The average molecular weight is 322 g/mol. The normalized spacial score (nSPS) is 10.5. The quantitative estimate of drug-likeness (QED) is 0.707. The van der Waals surface area contributed by atoms with Gasteiger partial charge in [0.15, 0.2) is 0 Å². The fraction of sp³-hybridized carbons (Fsp3) is 0.385. The Balaban J connectivity index is 0.00000400. The summed E-state index contributed by atoms with van der Waals surface area (Å²) >= 11 is 0. The number of halogens is 3. The summed E-state index contributed by atoms with van der Waals surface area (Å²) in [7, 11) is 0. The predicted octanol–water partition coefficient (Wildman–Crippen LogP) is 0.970. The summed E-state index contributed by atoms with van der Waals surface area (Å²) in [6.07, 6.45) is 0. The number of nitrogens with one attached hydrogen (secondary N) is 2. The van der Waals surface area contributed by atoms with Crippen LogP contribution in [0.25, 0.3) is 0 Å². The number of amides is 2. The molecule has 1 aromatic carbocycles. The van der Waals surface area contributed by atoms with Crippen molar-refractivity contribution in [3.8, 4) is 0 Å². The molecule has 0 radical (unpaired) electrons. The van der Waals surface area contributed by atoms with E-state index in [9.17, 15) is 18.4 Å².